The Labute approximate surface area is 168 Å². The van der Waals surface area contributed by atoms with Crippen LogP contribution in [0, 0.1) is 5.92 Å². The van der Waals surface area contributed by atoms with Crippen LogP contribution in [0.4, 0.5) is 10.6 Å². The molecule has 152 valence electrons. The second-order valence-corrected chi connectivity index (χ2v) is 9.26. The fraction of sp³-hybridized carbons (Fsp3) is 0.579. The first-order chi connectivity index (χ1) is 13.2. The summed E-state index contributed by atoms with van der Waals surface area (Å²) >= 11 is 1.33. The number of fused-ring (bicyclic) bond motifs is 1. The maximum atomic E-state index is 11.5. The van der Waals surface area contributed by atoms with Crippen LogP contribution in [0.3, 0.4) is 0 Å². The number of carbonyl (C=O) groups excluding carboxylic acids is 1. The zero-order valence-corrected chi connectivity index (χ0v) is 17.3. The first-order valence-electron chi connectivity index (χ1n) is 9.46. The number of carbonyl (C=O) groups is 2. The summed E-state index contributed by atoms with van der Waals surface area (Å²) in [7, 11) is 0. The van der Waals surface area contributed by atoms with Gasteiger partial charge >= 0.3 is 6.09 Å². The van der Waals surface area contributed by atoms with Gasteiger partial charge in [-0.15, -0.1) is 11.3 Å². The Hall–Kier alpha value is -2.42. The smallest absolute Gasteiger partial charge is 0.407 e. The fourth-order valence-corrected chi connectivity index (χ4v) is 4.63. The number of hydrogen-bond donors (Lipinski definition) is 2. The molecule has 2 aromatic rings. The highest BCUT2D eigenvalue weighted by atomic mass is 32.1. The van der Waals surface area contributed by atoms with Crippen LogP contribution in [-0.2, 0) is 0 Å². The van der Waals surface area contributed by atoms with Gasteiger partial charge in [-0.1, -0.05) is 0 Å². The molecule has 0 saturated carbocycles. The molecule has 0 aromatic carbocycles. The zero-order chi connectivity index (χ0) is 20.5. The predicted molar refractivity (Wildman–Crippen MR) is 110 cm³/mol. The van der Waals surface area contributed by atoms with E-state index in [1.54, 1.807) is 6.07 Å². The third-order valence-electron chi connectivity index (χ3n) is 5.25. The number of nitrogens with zero attached hydrogens (tertiary/aromatic N) is 4. The molecule has 0 unspecified atom stereocenters. The van der Waals surface area contributed by atoms with Gasteiger partial charge in [0.05, 0.1) is 15.1 Å². The van der Waals surface area contributed by atoms with Gasteiger partial charge in [-0.3, -0.25) is 4.79 Å². The quantitative estimate of drug-likeness (QED) is 0.790. The normalized spacial score (nSPS) is 15.8. The number of hydrogen-bond acceptors (Lipinski definition) is 6. The summed E-state index contributed by atoms with van der Waals surface area (Å²) in [5, 5.41) is 9.44. The number of carboxylic acid groups (broad SMARTS) is 1. The van der Waals surface area contributed by atoms with E-state index >= 15 is 0 Å². The lowest BCUT2D eigenvalue weighted by Gasteiger charge is -2.36. The third-order valence-corrected chi connectivity index (χ3v) is 6.39. The van der Waals surface area contributed by atoms with Crippen molar-refractivity contribution in [3.05, 3.63) is 17.3 Å². The molecule has 3 N–H and O–H groups in total. The average molecular weight is 406 g/mol. The van der Waals surface area contributed by atoms with Crippen molar-refractivity contribution in [1.29, 1.82) is 0 Å². The van der Waals surface area contributed by atoms with E-state index in [1.807, 2.05) is 20.8 Å². The van der Waals surface area contributed by atoms with Crippen LogP contribution in [0.5, 0.6) is 0 Å². The maximum absolute atomic E-state index is 11.5. The molecule has 0 radical (unpaired) electrons. The summed E-state index contributed by atoms with van der Waals surface area (Å²) in [6, 6.07) is 1.72. The Morgan fingerprint density at radius 2 is 2.00 bits per heavy atom. The Bertz CT molecular complexity index is 868. The van der Waals surface area contributed by atoms with Crippen LogP contribution < -0.4 is 10.6 Å². The van der Waals surface area contributed by atoms with Crippen LogP contribution in [0.25, 0.3) is 10.2 Å². The van der Waals surface area contributed by atoms with E-state index in [4.69, 9.17) is 5.73 Å². The monoisotopic (exact) mass is 405 g/mol. The number of nitrogens with two attached hydrogens (primary N) is 1. The molecule has 0 atom stereocenters. The van der Waals surface area contributed by atoms with E-state index in [9.17, 15) is 14.7 Å². The summed E-state index contributed by atoms with van der Waals surface area (Å²) in [4.78, 5) is 35.9. The summed E-state index contributed by atoms with van der Waals surface area (Å²) < 4.78 is 0.888. The van der Waals surface area contributed by atoms with Gasteiger partial charge < -0.3 is 20.6 Å². The van der Waals surface area contributed by atoms with E-state index in [2.05, 4.69) is 14.9 Å². The lowest BCUT2D eigenvalue weighted by molar-refractivity contribution is 0.0947. The Morgan fingerprint density at radius 1 is 1.32 bits per heavy atom. The third kappa shape index (κ3) is 4.35. The SMILES string of the molecule is CC(C)(C)N(CCC1CCN(c2ncnc3cc(C(N)=O)sc23)CC1)C(=O)O. The van der Waals surface area contributed by atoms with Crippen molar-refractivity contribution >= 4 is 39.4 Å². The number of piperidine rings is 1. The highest BCUT2D eigenvalue weighted by Gasteiger charge is 2.28. The van der Waals surface area contributed by atoms with Crippen molar-refractivity contribution < 1.29 is 14.7 Å². The van der Waals surface area contributed by atoms with Gasteiger partial charge in [0.25, 0.3) is 5.91 Å². The minimum Gasteiger partial charge on any atom is -0.465 e. The van der Waals surface area contributed by atoms with Crippen molar-refractivity contribution in [2.75, 3.05) is 24.5 Å². The molecule has 3 heterocycles. The van der Waals surface area contributed by atoms with Crippen LogP contribution in [0.2, 0.25) is 0 Å². The zero-order valence-electron chi connectivity index (χ0n) is 16.5. The molecule has 28 heavy (non-hydrogen) atoms. The summed E-state index contributed by atoms with van der Waals surface area (Å²) in [5.74, 6) is 0.889. The van der Waals surface area contributed by atoms with Crippen LogP contribution in [-0.4, -0.2) is 57.1 Å². The van der Waals surface area contributed by atoms with E-state index in [0.717, 1.165) is 48.4 Å². The summed E-state index contributed by atoms with van der Waals surface area (Å²) in [5.41, 5.74) is 5.75. The van der Waals surface area contributed by atoms with Gasteiger partial charge in [0, 0.05) is 25.2 Å². The van der Waals surface area contributed by atoms with E-state index in [-0.39, 0.29) is 0 Å². The largest absolute Gasteiger partial charge is 0.465 e. The van der Waals surface area contributed by atoms with Crippen molar-refractivity contribution in [2.45, 2.75) is 45.6 Å². The van der Waals surface area contributed by atoms with Gasteiger partial charge in [0.15, 0.2) is 0 Å². The molecule has 8 nitrogen and oxygen atoms in total. The Morgan fingerprint density at radius 3 is 2.57 bits per heavy atom. The van der Waals surface area contributed by atoms with E-state index in [1.165, 1.54) is 22.6 Å². The molecule has 0 aliphatic carbocycles. The second-order valence-electron chi connectivity index (χ2n) is 8.21. The maximum Gasteiger partial charge on any atom is 0.407 e. The molecule has 2 amide bonds. The highest BCUT2D eigenvalue weighted by Crippen LogP contribution is 2.33. The van der Waals surface area contributed by atoms with Crippen LogP contribution in [0.15, 0.2) is 12.4 Å². The minimum absolute atomic E-state index is 0.392. The number of amides is 2. The number of thiophene rings is 1. The summed E-state index contributed by atoms with van der Waals surface area (Å²) in [6.45, 7) is 8.02. The molecule has 1 fully saturated rings. The number of rotatable bonds is 5. The van der Waals surface area contributed by atoms with Gasteiger partial charge in [-0.2, -0.15) is 0 Å². The second kappa shape index (κ2) is 7.90. The number of anilines is 1. The van der Waals surface area contributed by atoms with Gasteiger partial charge in [0.1, 0.15) is 12.1 Å². The summed E-state index contributed by atoms with van der Waals surface area (Å²) in [6.07, 6.45) is 3.49. The van der Waals surface area contributed by atoms with E-state index < -0.39 is 17.5 Å². The predicted octanol–water partition coefficient (Wildman–Crippen LogP) is 3.18. The molecule has 0 bridgehead atoms. The molecule has 2 aromatic heterocycles. The number of primary amides is 1. The molecule has 9 heteroatoms. The fourth-order valence-electron chi connectivity index (χ4n) is 3.65. The molecule has 3 rings (SSSR count). The lowest BCUT2D eigenvalue weighted by atomic mass is 9.92. The molecular formula is C19H27N5O3S. The van der Waals surface area contributed by atoms with Crippen LogP contribution >= 0.6 is 11.3 Å². The Kier molecular flexibility index (Phi) is 5.74. The molecule has 1 aliphatic heterocycles. The number of aromatic nitrogens is 2. The van der Waals surface area contributed by atoms with Crippen molar-refractivity contribution in [3.63, 3.8) is 0 Å². The van der Waals surface area contributed by atoms with Crippen LogP contribution in [0.1, 0.15) is 49.7 Å². The highest BCUT2D eigenvalue weighted by molar-refractivity contribution is 7.21. The van der Waals surface area contributed by atoms with Crippen molar-refractivity contribution in [1.82, 2.24) is 14.9 Å². The van der Waals surface area contributed by atoms with Crippen molar-refractivity contribution in [2.24, 2.45) is 11.7 Å². The molecule has 1 aliphatic rings. The molecule has 1 saturated heterocycles. The lowest BCUT2D eigenvalue weighted by Crippen LogP contribution is -2.46. The first-order valence-corrected chi connectivity index (χ1v) is 10.3. The van der Waals surface area contributed by atoms with Gasteiger partial charge in [-0.05, 0) is 52.0 Å². The standard InChI is InChI=1S/C19H27N5O3S/c1-19(2,3)24(18(26)27)9-6-12-4-7-23(8-5-12)17-15-13(21-11-22-17)10-14(28-15)16(20)25/h10-12H,4-9H2,1-3H3,(H2,20,25)(H,26,27). The minimum atomic E-state index is -0.865. The van der Waals surface area contributed by atoms with Crippen molar-refractivity contribution in [3.8, 4) is 0 Å². The topological polar surface area (TPSA) is 113 Å². The van der Waals surface area contributed by atoms with E-state index in [0.29, 0.717) is 17.3 Å². The van der Waals surface area contributed by atoms with Gasteiger partial charge in [0.2, 0.25) is 0 Å². The molecule has 0 spiro atoms. The average Bonchev–Trinajstić information content (AvgIpc) is 3.05. The Balaban J connectivity index is 1.64. The molecular weight excluding hydrogens is 378 g/mol. The first kappa shape index (κ1) is 20.3. The van der Waals surface area contributed by atoms with Gasteiger partial charge in [-0.25, -0.2) is 14.8 Å².